The molecule has 1 aromatic heterocycles. The molecule has 2 aromatic rings. The third-order valence-corrected chi connectivity index (χ3v) is 4.28. The maximum Gasteiger partial charge on any atom is 0.158 e. The Labute approximate surface area is 147 Å². The van der Waals surface area contributed by atoms with Crippen molar-refractivity contribution in [3.63, 3.8) is 0 Å². The number of methoxy groups -OCH3 is 1. The van der Waals surface area contributed by atoms with Crippen LogP contribution in [0.15, 0.2) is 24.3 Å². The SMILES string of the molecule is COCCOc1ccc(N)c(C(=N)c2cc(N3CC(F)(P)C3)n[nH]2)c1. The molecule has 1 aromatic carbocycles. The van der Waals surface area contributed by atoms with Crippen molar-refractivity contribution in [3.05, 3.63) is 35.5 Å². The number of hydrogen-bond donors (Lipinski definition) is 3. The van der Waals surface area contributed by atoms with Crippen LogP contribution in [-0.4, -0.2) is 54.7 Å². The van der Waals surface area contributed by atoms with Crippen LogP contribution in [0, 0.1) is 5.41 Å². The Bertz CT molecular complexity index is 772. The van der Waals surface area contributed by atoms with Gasteiger partial charge in [0.05, 0.1) is 31.1 Å². The van der Waals surface area contributed by atoms with Crippen molar-refractivity contribution in [2.45, 2.75) is 5.41 Å². The van der Waals surface area contributed by atoms with Crippen LogP contribution in [0.5, 0.6) is 5.75 Å². The van der Waals surface area contributed by atoms with Crippen LogP contribution in [0.25, 0.3) is 0 Å². The van der Waals surface area contributed by atoms with E-state index in [2.05, 4.69) is 19.4 Å². The standard InChI is InChI=1S/C16H21FN5O2P/c1-23-4-5-24-10-2-3-12(18)11(6-10)15(19)13-7-14(21-20-13)22-8-16(17,25)9-22/h2-3,6-7,19H,4-5,8-9,18,25H2,1H3,(H,20,21). The lowest BCUT2D eigenvalue weighted by Crippen LogP contribution is -2.55. The topological polar surface area (TPSA) is 100 Å². The van der Waals surface area contributed by atoms with Gasteiger partial charge < -0.3 is 20.1 Å². The summed E-state index contributed by atoms with van der Waals surface area (Å²) in [4.78, 5) is 1.80. The van der Waals surface area contributed by atoms with Gasteiger partial charge in [-0.1, -0.05) is 9.24 Å². The number of rotatable bonds is 7. The molecule has 3 rings (SSSR count). The fourth-order valence-corrected chi connectivity index (χ4v) is 3.02. The van der Waals surface area contributed by atoms with Crippen LogP contribution < -0.4 is 15.4 Å². The van der Waals surface area contributed by atoms with E-state index in [1.165, 1.54) is 0 Å². The highest BCUT2D eigenvalue weighted by molar-refractivity contribution is 7.19. The second kappa shape index (κ2) is 6.98. The Morgan fingerprint density at radius 1 is 1.44 bits per heavy atom. The quantitative estimate of drug-likeness (QED) is 0.301. The first-order valence-electron chi connectivity index (χ1n) is 7.78. The third-order valence-electron chi connectivity index (χ3n) is 3.92. The molecule has 0 aliphatic carbocycles. The minimum atomic E-state index is -1.26. The maximum absolute atomic E-state index is 13.6. The molecule has 1 aliphatic heterocycles. The summed E-state index contributed by atoms with van der Waals surface area (Å²) in [6.45, 7) is 1.42. The molecule has 1 fully saturated rings. The number of alkyl halides is 1. The van der Waals surface area contributed by atoms with E-state index < -0.39 is 5.41 Å². The lowest BCUT2D eigenvalue weighted by molar-refractivity contribution is 0.146. The van der Waals surface area contributed by atoms with Crippen molar-refractivity contribution in [1.82, 2.24) is 10.2 Å². The van der Waals surface area contributed by atoms with Crippen LogP contribution in [0.1, 0.15) is 11.3 Å². The number of ether oxygens (including phenoxy) is 2. The van der Waals surface area contributed by atoms with Gasteiger partial charge in [0.1, 0.15) is 12.4 Å². The fraction of sp³-hybridized carbons (Fsp3) is 0.375. The molecule has 25 heavy (non-hydrogen) atoms. The average molecular weight is 365 g/mol. The predicted molar refractivity (Wildman–Crippen MR) is 98.5 cm³/mol. The number of aromatic nitrogens is 2. The first-order chi connectivity index (χ1) is 11.9. The summed E-state index contributed by atoms with van der Waals surface area (Å²) in [5.74, 6) is 1.22. The van der Waals surface area contributed by atoms with Crippen LogP contribution in [0.3, 0.4) is 0 Å². The highest BCUT2D eigenvalue weighted by Crippen LogP contribution is 2.35. The Kier molecular flexibility index (Phi) is 4.92. The van der Waals surface area contributed by atoms with Gasteiger partial charge in [0, 0.05) is 24.4 Å². The maximum atomic E-state index is 13.6. The molecule has 1 atom stereocenters. The minimum absolute atomic E-state index is 0.200. The van der Waals surface area contributed by atoms with E-state index in [4.69, 9.17) is 20.6 Å². The predicted octanol–water partition coefficient (Wildman–Crippen LogP) is 1.79. The fourth-order valence-electron chi connectivity index (χ4n) is 2.58. The van der Waals surface area contributed by atoms with Gasteiger partial charge in [-0.2, -0.15) is 5.10 Å². The molecule has 0 spiro atoms. The van der Waals surface area contributed by atoms with E-state index >= 15 is 0 Å². The third kappa shape index (κ3) is 3.91. The van der Waals surface area contributed by atoms with E-state index in [0.29, 0.717) is 41.7 Å². The molecule has 134 valence electrons. The molecular weight excluding hydrogens is 344 g/mol. The summed E-state index contributed by atoms with van der Waals surface area (Å²) in [6.07, 6.45) is 0. The zero-order valence-electron chi connectivity index (χ0n) is 13.9. The number of H-pyrrole nitrogens is 1. The molecular formula is C16H21FN5O2P. The Hall–Kier alpha value is -2.18. The second-order valence-corrected chi connectivity index (χ2v) is 7.03. The lowest BCUT2D eigenvalue weighted by Gasteiger charge is -2.42. The highest BCUT2D eigenvalue weighted by Gasteiger charge is 2.40. The minimum Gasteiger partial charge on any atom is -0.491 e. The number of hydrogen-bond acceptors (Lipinski definition) is 6. The first-order valence-corrected chi connectivity index (χ1v) is 8.36. The Morgan fingerprint density at radius 3 is 2.88 bits per heavy atom. The lowest BCUT2D eigenvalue weighted by atomic mass is 10.0. The van der Waals surface area contributed by atoms with Gasteiger partial charge in [0.15, 0.2) is 11.2 Å². The van der Waals surface area contributed by atoms with Crippen molar-refractivity contribution >= 4 is 26.5 Å². The molecule has 1 aliphatic rings. The van der Waals surface area contributed by atoms with Gasteiger partial charge in [-0.15, -0.1) is 0 Å². The smallest absolute Gasteiger partial charge is 0.158 e. The number of anilines is 2. The van der Waals surface area contributed by atoms with Gasteiger partial charge in [-0.05, 0) is 18.2 Å². The van der Waals surface area contributed by atoms with Gasteiger partial charge in [-0.3, -0.25) is 10.5 Å². The monoisotopic (exact) mass is 365 g/mol. The molecule has 0 radical (unpaired) electrons. The summed E-state index contributed by atoms with van der Waals surface area (Å²) >= 11 is 0. The van der Waals surface area contributed by atoms with Crippen LogP contribution in [0.4, 0.5) is 15.9 Å². The van der Waals surface area contributed by atoms with Crippen LogP contribution in [-0.2, 0) is 4.74 Å². The van der Waals surface area contributed by atoms with E-state index in [9.17, 15) is 4.39 Å². The van der Waals surface area contributed by atoms with E-state index in [1.54, 1.807) is 36.3 Å². The van der Waals surface area contributed by atoms with Gasteiger partial charge in [-0.25, -0.2) is 4.39 Å². The van der Waals surface area contributed by atoms with Gasteiger partial charge in [0.25, 0.3) is 0 Å². The molecule has 0 saturated carbocycles. The normalized spacial score (nSPS) is 15.7. The van der Waals surface area contributed by atoms with Crippen molar-refractivity contribution in [1.29, 1.82) is 5.41 Å². The molecule has 2 heterocycles. The Morgan fingerprint density at radius 2 is 2.20 bits per heavy atom. The summed E-state index contributed by atoms with van der Waals surface area (Å²) in [7, 11) is 3.80. The summed E-state index contributed by atoms with van der Waals surface area (Å²) < 4.78 is 24.1. The number of benzene rings is 1. The highest BCUT2D eigenvalue weighted by atomic mass is 31.0. The number of halogens is 1. The molecule has 4 N–H and O–H groups in total. The second-order valence-electron chi connectivity index (χ2n) is 6.00. The molecule has 0 amide bonds. The number of nitrogens with one attached hydrogen (secondary N) is 2. The van der Waals surface area contributed by atoms with Crippen molar-refractivity contribution in [3.8, 4) is 5.75 Å². The number of nitrogens with two attached hydrogens (primary N) is 1. The van der Waals surface area contributed by atoms with Crippen LogP contribution >= 0.6 is 9.24 Å². The molecule has 1 unspecified atom stereocenters. The van der Waals surface area contributed by atoms with Crippen molar-refractivity contribution in [2.24, 2.45) is 0 Å². The summed E-state index contributed by atoms with van der Waals surface area (Å²) in [5, 5.41) is 14.1. The number of nitrogen functional groups attached to an aromatic ring is 1. The van der Waals surface area contributed by atoms with E-state index in [0.717, 1.165) is 0 Å². The average Bonchev–Trinajstić information content (AvgIpc) is 3.03. The molecule has 1 saturated heterocycles. The van der Waals surface area contributed by atoms with Gasteiger partial charge >= 0.3 is 0 Å². The first kappa shape index (κ1) is 17.6. The van der Waals surface area contributed by atoms with E-state index in [-0.39, 0.29) is 18.8 Å². The number of aromatic amines is 1. The summed E-state index contributed by atoms with van der Waals surface area (Å²) in [5.41, 5.74) is 7.72. The van der Waals surface area contributed by atoms with E-state index in [1.807, 2.05) is 0 Å². The molecule has 9 heteroatoms. The molecule has 7 nitrogen and oxygen atoms in total. The zero-order chi connectivity index (χ0) is 18.0. The summed E-state index contributed by atoms with van der Waals surface area (Å²) in [6, 6.07) is 6.89. The van der Waals surface area contributed by atoms with Crippen molar-refractivity contribution in [2.75, 3.05) is 44.0 Å². The molecule has 0 bridgehead atoms. The zero-order valence-corrected chi connectivity index (χ0v) is 15.0. The van der Waals surface area contributed by atoms with Gasteiger partial charge in [0.2, 0.25) is 0 Å². The van der Waals surface area contributed by atoms with Crippen LogP contribution in [0.2, 0.25) is 0 Å². The largest absolute Gasteiger partial charge is 0.491 e. The van der Waals surface area contributed by atoms with Crippen molar-refractivity contribution < 1.29 is 13.9 Å². The number of nitrogens with zero attached hydrogens (tertiary/aromatic N) is 2. The Balaban J connectivity index is 1.74.